The summed E-state index contributed by atoms with van der Waals surface area (Å²) in [5.74, 6) is 1.06. The van der Waals surface area contributed by atoms with Crippen LogP contribution in [0.5, 0.6) is 0 Å². The highest BCUT2D eigenvalue weighted by Crippen LogP contribution is 2.16. The number of para-hydroxylation sites is 1. The van der Waals surface area contributed by atoms with Gasteiger partial charge in [-0.3, -0.25) is 4.99 Å². The number of aliphatic imine (C=N–C) groups is 1. The molecule has 0 bridgehead atoms. The van der Waals surface area contributed by atoms with Gasteiger partial charge in [0.15, 0.2) is 0 Å². The second-order valence-electron chi connectivity index (χ2n) is 4.06. The Labute approximate surface area is 101 Å². The van der Waals surface area contributed by atoms with Crippen LogP contribution in [0, 0.1) is 6.92 Å². The third-order valence-corrected chi connectivity index (χ3v) is 2.72. The number of hydrogen-bond donors (Lipinski definition) is 1. The lowest BCUT2D eigenvalue weighted by Gasteiger charge is -1.92. The average molecular weight is 227 g/mol. The summed E-state index contributed by atoms with van der Waals surface area (Å²) in [6.45, 7) is 5.63. The predicted molar refractivity (Wildman–Crippen MR) is 72.5 cm³/mol. The molecular weight excluding hydrogens is 210 g/mol. The van der Waals surface area contributed by atoms with Gasteiger partial charge in [-0.1, -0.05) is 18.7 Å². The van der Waals surface area contributed by atoms with Crippen molar-refractivity contribution in [2.45, 2.75) is 26.2 Å². The lowest BCUT2D eigenvalue weighted by molar-refractivity contribution is 0.826. The van der Waals surface area contributed by atoms with E-state index in [1.165, 1.54) is 5.56 Å². The first kappa shape index (κ1) is 11.6. The lowest BCUT2D eigenvalue weighted by Crippen LogP contribution is -1.88. The summed E-state index contributed by atoms with van der Waals surface area (Å²) in [5.41, 5.74) is 3.43. The van der Waals surface area contributed by atoms with Crippen LogP contribution in [0.4, 0.5) is 0 Å². The van der Waals surface area contributed by atoms with E-state index in [2.05, 4.69) is 46.7 Å². The standard InChI is InChI=1S/C14H17N3/c1-3-15-10-5-4-9-13-16-12-8-6-7-11(2)14(12)17-13/h3,6-8,10H,1,4-5,9H2,2H3,(H,16,17). The number of hydrogen-bond acceptors (Lipinski definition) is 2. The Morgan fingerprint density at radius 1 is 1.47 bits per heavy atom. The number of fused-ring (bicyclic) bond motifs is 1. The van der Waals surface area contributed by atoms with E-state index in [-0.39, 0.29) is 0 Å². The number of aryl methyl sites for hydroxylation is 2. The van der Waals surface area contributed by atoms with Crippen molar-refractivity contribution in [3.05, 3.63) is 42.4 Å². The second-order valence-corrected chi connectivity index (χ2v) is 4.06. The molecule has 0 atom stereocenters. The first-order chi connectivity index (χ1) is 8.31. The molecule has 2 rings (SSSR count). The van der Waals surface area contributed by atoms with Crippen molar-refractivity contribution in [2.24, 2.45) is 4.99 Å². The Bertz CT molecular complexity index is 537. The van der Waals surface area contributed by atoms with Crippen molar-refractivity contribution in [3.8, 4) is 0 Å². The average Bonchev–Trinajstić information content (AvgIpc) is 2.73. The maximum Gasteiger partial charge on any atom is 0.107 e. The van der Waals surface area contributed by atoms with Crippen LogP contribution in [0.25, 0.3) is 11.0 Å². The minimum atomic E-state index is 0.956. The molecule has 0 unspecified atom stereocenters. The summed E-state index contributed by atoms with van der Waals surface area (Å²) in [6, 6.07) is 6.21. The summed E-state index contributed by atoms with van der Waals surface area (Å²) >= 11 is 0. The van der Waals surface area contributed by atoms with Crippen LogP contribution in [-0.2, 0) is 6.42 Å². The van der Waals surface area contributed by atoms with Gasteiger partial charge in [0.1, 0.15) is 5.82 Å². The third-order valence-electron chi connectivity index (χ3n) is 2.72. The van der Waals surface area contributed by atoms with Crippen molar-refractivity contribution in [3.63, 3.8) is 0 Å². The van der Waals surface area contributed by atoms with Gasteiger partial charge < -0.3 is 4.98 Å². The van der Waals surface area contributed by atoms with E-state index in [0.717, 1.165) is 36.1 Å². The van der Waals surface area contributed by atoms with E-state index in [9.17, 15) is 0 Å². The normalized spacial score (nSPS) is 11.4. The van der Waals surface area contributed by atoms with Crippen molar-refractivity contribution >= 4 is 17.2 Å². The Kier molecular flexibility index (Phi) is 3.70. The quantitative estimate of drug-likeness (QED) is 0.617. The molecule has 3 nitrogen and oxygen atoms in total. The fourth-order valence-electron chi connectivity index (χ4n) is 1.85. The van der Waals surface area contributed by atoms with Crippen LogP contribution in [0.3, 0.4) is 0 Å². The Hall–Kier alpha value is -1.90. The number of aromatic amines is 1. The van der Waals surface area contributed by atoms with Gasteiger partial charge in [0.2, 0.25) is 0 Å². The Morgan fingerprint density at radius 3 is 3.12 bits per heavy atom. The number of imidazole rings is 1. The molecule has 1 heterocycles. The fraction of sp³-hybridized carbons (Fsp3) is 0.286. The van der Waals surface area contributed by atoms with Gasteiger partial charge >= 0.3 is 0 Å². The van der Waals surface area contributed by atoms with Crippen LogP contribution >= 0.6 is 0 Å². The van der Waals surface area contributed by atoms with Crippen molar-refractivity contribution in [1.82, 2.24) is 9.97 Å². The number of nitrogens with one attached hydrogen (secondary N) is 1. The van der Waals surface area contributed by atoms with Gasteiger partial charge in [0.05, 0.1) is 11.0 Å². The zero-order chi connectivity index (χ0) is 12.1. The van der Waals surface area contributed by atoms with E-state index in [1.54, 1.807) is 6.20 Å². The molecule has 1 aromatic carbocycles. The predicted octanol–water partition coefficient (Wildman–Crippen LogP) is 3.41. The van der Waals surface area contributed by atoms with E-state index >= 15 is 0 Å². The van der Waals surface area contributed by atoms with Crippen LogP contribution in [-0.4, -0.2) is 16.2 Å². The van der Waals surface area contributed by atoms with Crippen LogP contribution in [0.1, 0.15) is 24.2 Å². The van der Waals surface area contributed by atoms with Crippen LogP contribution < -0.4 is 0 Å². The molecular formula is C14H17N3. The van der Waals surface area contributed by atoms with Gasteiger partial charge in [-0.2, -0.15) is 0 Å². The monoisotopic (exact) mass is 227 g/mol. The van der Waals surface area contributed by atoms with Crippen LogP contribution in [0.2, 0.25) is 0 Å². The van der Waals surface area contributed by atoms with Gasteiger partial charge in [-0.25, -0.2) is 4.98 Å². The molecule has 88 valence electrons. The van der Waals surface area contributed by atoms with Gasteiger partial charge in [0, 0.05) is 18.8 Å². The zero-order valence-corrected chi connectivity index (χ0v) is 10.1. The van der Waals surface area contributed by atoms with Crippen LogP contribution in [0.15, 0.2) is 36.0 Å². The van der Waals surface area contributed by atoms with Crippen molar-refractivity contribution in [1.29, 1.82) is 0 Å². The van der Waals surface area contributed by atoms with Crippen molar-refractivity contribution < 1.29 is 0 Å². The summed E-state index contributed by atoms with van der Waals surface area (Å²) < 4.78 is 0. The number of unbranched alkanes of at least 4 members (excludes halogenated alkanes) is 1. The minimum Gasteiger partial charge on any atom is -0.342 e. The highest BCUT2D eigenvalue weighted by molar-refractivity contribution is 5.78. The molecule has 0 aliphatic rings. The molecule has 0 saturated heterocycles. The Balaban J connectivity index is 2.02. The van der Waals surface area contributed by atoms with Gasteiger partial charge in [-0.15, -0.1) is 0 Å². The van der Waals surface area contributed by atoms with E-state index in [1.807, 2.05) is 6.21 Å². The molecule has 1 aromatic heterocycles. The molecule has 0 aliphatic carbocycles. The van der Waals surface area contributed by atoms with Gasteiger partial charge in [0.25, 0.3) is 0 Å². The minimum absolute atomic E-state index is 0.956. The number of nitrogens with zero attached hydrogens (tertiary/aromatic N) is 2. The molecule has 0 saturated carbocycles. The first-order valence-electron chi connectivity index (χ1n) is 5.88. The second kappa shape index (κ2) is 5.43. The van der Waals surface area contributed by atoms with E-state index in [4.69, 9.17) is 0 Å². The molecule has 0 radical (unpaired) electrons. The number of rotatable bonds is 5. The number of aromatic nitrogens is 2. The van der Waals surface area contributed by atoms with E-state index < -0.39 is 0 Å². The largest absolute Gasteiger partial charge is 0.342 e. The van der Waals surface area contributed by atoms with Gasteiger partial charge in [-0.05, 0) is 31.4 Å². The molecule has 1 N–H and O–H groups in total. The third kappa shape index (κ3) is 2.81. The smallest absolute Gasteiger partial charge is 0.107 e. The molecule has 0 amide bonds. The maximum atomic E-state index is 4.61. The maximum absolute atomic E-state index is 4.61. The topological polar surface area (TPSA) is 41.0 Å². The Morgan fingerprint density at radius 2 is 2.35 bits per heavy atom. The first-order valence-corrected chi connectivity index (χ1v) is 5.88. The zero-order valence-electron chi connectivity index (χ0n) is 10.1. The van der Waals surface area contributed by atoms with E-state index in [0.29, 0.717) is 0 Å². The summed E-state index contributed by atoms with van der Waals surface area (Å²) in [5, 5.41) is 0. The highest BCUT2D eigenvalue weighted by Gasteiger charge is 2.03. The highest BCUT2D eigenvalue weighted by atomic mass is 14.9. The fourth-order valence-corrected chi connectivity index (χ4v) is 1.85. The molecule has 0 aliphatic heterocycles. The molecule has 2 aromatic rings. The number of H-pyrrole nitrogens is 1. The number of benzene rings is 1. The SMILES string of the molecule is C=CN=CCCCc1nc2c(C)cccc2[nH]1. The molecule has 0 spiro atoms. The molecule has 3 heteroatoms. The lowest BCUT2D eigenvalue weighted by atomic mass is 10.2. The summed E-state index contributed by atoms with van der Waals surface area (Å²) in [6.07, 6.45) is 6.42. The summed E-state index contributed by atoms with van der Waals surface area (Å²) in [4.78, 5) is 11.9. The molecule has 17 heavy (non-hydrogen) atoms. The summed E-state index contributed by atoms with van der Waals surface area (Å²) in [7, 11) is 0. The van der Waals surface area contributed by atoms with Crippen molar-refractivity contribution in [2.75, 3.05) is 0 Å². The molecule has 0 fully saturated rings.